The number of oxazole rings is 1. The van der Waals surface area contributed by atoms with Crippen LogP contribution in [0.1, 0.15) is 47.1 Å². The third kappa shape index (κ3) is 7.37. The molecule has 1 N–H and O–H groups in total. The van der Waals surface area contributed by atoms with E-state index in [9.17, 15) is 9.59 Å². The van der Waals surface area contributed by atoms with Gasteiger partial charge in [-0.3, -0.25) is 10.1 Å². The van der Waals surface area contributed by atoms with Gasteiger partial charge in [0.25, 0.3) is 5.91 Å². The van der Waals surface area contributed by atoms with Crippen LogP contribution in [0.3, 0.4) is 0 Å². The minimum Gasteiger partial charge on any atom is -0.492 e. The van der Waals surface area contributed by atoms with Gasteiger partial charge in [-0.05, 0) is 78.1 Å². The second-order valence-electron chi connectivity index (χ2n) is 12.7. The number of carbonyl (C=O) groups excluding carboxylic acids is 2. The molecule has 8 heteroatoms. The van der Waals surface area contributed by atoms with Gasteiger partial charge in [0.05, 0.1) is 5.41 Å². The van der Waals surface area contributed by atoms with Crippen LogP contribution in [0, 0.1) is 6.92 Å². The summed E-state index contributed by atoms with van der Waals surface area (Å²) < 4.78 is 23.8. The molecule has 52 heavy (non-hydrogen) atoms. The fourth-order valence-corrected chi connectivity index (χ4v) is 6.42. The summed E-state index contributed by atoms with van der Waals surface area (Å²) in [7, 11) is 0. The summed E-state index contributed by atoms with van der Waals surface area (Å²) in [6.45, 7) is 4.43. The maximum atomic E-state index is 11.8. The van der Waals surface area contributed by atoms with Crippen molar-refractivity contribution in [1.29, 1.82) is 0 Å². The quantitative estimate of drug-likeness (QED) is 0.121. The fraction of sp³-hybridized carbons (Fsp3) is 0.159. The lowest BCUT2D eigenvalue weighted by Crippen LogP contribution is -2.36. The molecule has 1 saturated heterocycles. The Balaban J connectivity index is 1.04. The van der Waals surface area contributed by atoms with E-state index in [1.54, 1.807) is 0 Å². The SMILES string of the molecule is C/C(=C\CC1OC(=O)NC1=O)c1cccc(OCc2nc(-c3ccc(OCC(c4ccccc4)(c4ccccc4)c4ccccc4)cc3)oc2C)c1. The number of aromatic nitrogens is 1. The summed E-state index contributed by atoms with van der Waals surface area (Å²) in [5.74, 6) is 2.15. The maximum absolute atomic E-state index is 11.8. The van der Waals surface area contributed by atoms with E-state index in [2.05, 4.69) is 78.1 Å². The number of amides is 2. The smallest absolute Gasteiger partial charge is 0.414 e. The number of benzene rings is 5. The van der Waals surface area contributed by atoms with Crippen LogP contribution in [0.25, 0.3) is 17.0 Å². The molecular formula is C44H38N2O6. The molecule has 2 amide bonds. The summed E-state index contributed by atoms with van der Waals surface area (Å²) in [6, 6.07) is 46.9. The fourth-order valence-electron chi connectivity index (χ4n) is 6.42. The molecule has 8 nitrogen and oxygen atoms in total. The number of imide groups is 1. The number of nitrogens with zero attached hydrogens (tertiary/aromatic N) is 1. The number of aryl methyl sites for hydroxylation is 1. The van der Waals surface area contributed by atoms with Crippen LogP contribution in [0.15, 0.2) is 150 Å². The highest BCUT2D eigenvalue weighted by atomic mass is 16.6. The highest BCUT2D eigenvalue weighted by Crippen LogP contribution is 2.40. The van der Waals surface area contributed by atoms with Gasteiger partial charge in [-0.1, -0.05) is 109 Å². The second kappa shape index (κ2) is 15.2. The van der Waals surface area contributed by atoms with Crippen LogP contribution >= 0.6 is 0 Å². The molecular weight excluding hydrogens is 652 g/mol. The molecule has 1 aromatic heterocycles. The topological polar surface area (TPSA) is 99.9 Å². The molecule has 0 aliphatic carbocycles. The third-order valence-corrected chi connectivity index (χ3v) is 9.32. The van der Waals surface area contributed by atoms with Crippen LogP contribution in [0.2, 0.25) is 0 Å². The van der Waals surface area contributed by atoms with E-state index in [1.807, 2.05) is 86.7 Å². The largest absolute Gasteiger partial charge is 0.492 e. The van der Waals surface area contributed by atoms with Gasteiger partial charge in [-0.15, -0.1) is 0 Å². The molecule has 0 radical (unpaired) electrons. The minimum absolute atomic E-state index is 0.224. The first-order valence-electron chi connectivity index (χ1n) is 17.2. The normalized spacial score (nSPS) is 14.5. The monoisotopic (exact) mass is 690 g/mol. The minimum atomic E-state index is -0.812. The third-order valence-electron chi connectivity index (χ3n) is 9.32. The molecule has 260 valence electrons. The summed E-state index contributed by atoms with van der Waals surface area (Å²) >= 11 is 0. The van der Waals surface area contributed by atoms with Crippen molar-refractivity contribution in [2.75, 3.05) is 6.61 Å². The zero-order chi connectivity index (χ0) is 35.9. The van der Waals surface area contributed by atoms with Gasteiger partial charge in [0.1, 0.15) is 36.2 Å². The van der Waals surface area contributed by atoms with Crippen LogP contribution < -0.4 is 14.8 Å². The van der Waals surface area contributed by atoms with E-state index in [-0.39, 0.29) is 6.61 Å². The summed E-state index contributed by atoms with van der Waals surface area (Å²) in [5.41, 5.74) is 6.29. The molecule has 1 aliphatic heterocycles. The molecule has 0 saturated carbocycles. The molecule has 1 unspecified atom stereocenters. The Morgan fingerprint density at radius 3 is 1.96 bits per heavy atom. The number of ether oxygens (including phenoxy) is 3. The van der Waals surface area contributed by atoms with E-state index in [0.717, 1.165) is 39.1 Å². The lowest BCUT2D eigenvalue weighted by Gasteiger charge is -2.35. The van der Waals surface area contributed by atoms with Crippen molar-refractivity contribution in [2.45, 2.75) is 38.4 Å². The molecule has 1 fully saturated rings. The van der Waals surface area contributed by atoms with E-state index in [4.69, 9.17) is 23.6 Å². The van der Waals surface area contributed by atoms with Crippen molar-refractivity contribution in [2.24, 2.45) is 0 Å². The van der Waals surface area contributed by atoms with Crippen LogP contribution in [-0.2, 0) is 21.6 Å². The number of nitrogens with one attached hydrogen (secondary N) is 1. The zero-order valence-corrected chi connectivity index (χ0v) is 29.0. The standard InChI is InChI=1S/C44H38N2O6/c1-30(21-26-40-41(47)46-43(48)52-40)33-13-12-20-38(27-33)49-28-39-31(2)51-42(45-39)32-22-24-37(25-23-32)50-29-44(34-14-6-3-7-15-34,35-16-8-4-9-17-35)36-18-10-5-11-19-36/h3-25,27,40H,26,28-29H2,1-2H3,(H,46,47,48)/b30-21+. The Bertz CT molecular complexity index is 2080. The first-order valence-corrected chi connectivity index (χ1v) is 17.2. The van der Waals surface area contributed by atoms with Gasteiger partial charge in [0.15, 0.2) is 6.10 Å². The van der Waals surface area contributed by atoms with Crippen molar-refractivity contribution in [1.82, 2.24) is 10.3 Å². The Morgan fingerprint density at radius 2 is 1.38 bits per heavy atom. The second-order valence-corrected chi connectivity index (χ2v) is 12.7. The van der Waals surface area contributed by atoms with Gasteiger partial charge in [-0.2, -0.15) is 0 Å². The predicted molar refractivity (Wildman–Crippen MR) is 199 cm³/mol. The number of carbonyl (C=O) groups is 2. The van der Waals surface area contributed by atoms with Crippen LogP contribution in [0.5, 0.6) is 11.5 Å². The number of hydrogen-bond donors (Lipinski definition) is 1. The van der Waals surface area contributed by atoms with Crippen LogP contribution in [0.4, 0.5) is 4.79 Å². The van der Waals surface area contributed by atoms with Gasteiger partial charge in [-0.25, -0.2) is 9.78 Å². The highest BCUT2D eigenvalue weighted by molar-refractivity contribution is 6.00. The van der Waals surface area contributed by atoms with Crippen molar-refractivity contribution in [3.63, 3.8) is 0 Å². The molecule has 1 aliphatic rings. The van der Waals surface area contributed by atoms with Crippen LogP contribution in [-0.4, -0.2) is 29.7 Å². The van der Waals surface area contributed by atoms with E-state index in [1.165, 1.54) is 0 Å². The summed E-state index contributed by atoms with van der Waals surface area (Å²) in [5, 5.41) is 2.15. The molecule has 0 spiro atoms. The lowest BCUT2D eigenvalue weighted by atomic mass is 9.70. The molecule has 2 heterocycles. The Morgan fingerprint density at radius 1 is 0.769 bits per heavy atom. The average molecular weight is 691 g/mol. The molecule has 1 atom stereocenters. The number of rotatable bonds is 13. The van der Waals surface area contributed by atoms with E-state index < -0.39 is 23.5 Å². The number of hydrogen-bond acceptors (Lipinski definition) is 7. The molecule has 5 aromatic carbocycles. The Kier molecular flexibility index (Phi) is 9.97. The number of alkyl carbamates (subject to hydrolysis) is 1. The molecule has 0 bridgehead atoms. The van der Waals surface area contributed by atoms with Crippen molar-refractivity contribution < 1.29 is 28.2 Å². The average Bonchev–Trinajstić information content (AvgIpc) is 3.73. The van der Waals surface area contributed by atoms with Crippen molar-refractivity contribution in [3.05, 3.63) is 179 Å². The summed E-state index contributed by atoms with van der Waals surface area (Å²) in [6.07, 6.45) is 0.641. The number of cyclic esters (lactones) is 1. The Hall–Kier alpha value is -6.41. The van der Waals surface area contributed by atoms with Gasteiger partial charge < -0.3 is 18.6 Å². The van der Waals surface area contributed by atoms with Gasteiger partial charge >= 0.3 is 6.09 Å². The first kappa shape index (κ1) is 34.1. The van der Waals surface area contributed by atoms with E-state index in [0.29, 0.717) is 36.1 Å². The zero-order valence-electron chi connectivity index (χ0n) is 29.0. The molecule has 7 rings (SSSR count). The summed E-state index contributed by atoms with van der Waals surface area (Å²) in [4.78, 5) is 27.9. The van der Waals surface area contributed by atoms with Gasteiger partial charge in [0, 0.05) is 12.0 Å². The predicted octanol–water partition coefficient (Wildman–Crippen LogP) is 9.07. The Labute approximate surface area is 302 Å². The van der Waals surface area contributed by atoms with E-state index >= 15 is 0 Å². The number of allylic oxidation sites excluding steroid dienone is 1. The molecule has 6 aromatic rings. The van der Waals surface area contributed by atoms with Crippen molar-refractivity contribution >= 4 is 17.6 Å². The first-order chi connectivity index (χ1) is 25.4. The highest BCUT2D eigenvalue weighted by Gasteiger charge is 2.37. The van der Waals surface area contributed by atoms with Gasteiger partial charge in [0.2, 0.25) is 5.89 Å². The maximum Gasteiger partial charge on any atom is 0.414 e. The lowest BCUT2D eigenvalue weighted by molar-refractivity contribution is -0.123. The van der Waals surface area contributed by atoms with Crippen molar-refractivity contribution in [3.8, 4) is 23.0 Å².